The summed E-state index contributed by atoms with van der Waals surface area (Å²) in [6, 6.07) is 9.12. The molecule has 0 unspecified atom stereocenters. The van der Waals surface area contributed by atoms with E-state index >= 15 is 0 Å². The molecular weight excluding hydrogens is 416 g/mol. The van der Waals surface area contributed by atoms with Crippen molar-refractivity contribution in [2.75, 3.05) is 10.0 Å². The molecule has 1 amide bonds. The summed E-state index contributed by atoms with van der Waals surface area (Å²) in [6.45, 7) is 0. The van der Waals surface area contributed by atoms with Gasteiger partial charge in [0, 0.05) is 24.0 Å². The number of carbonyl (C=O) groups excluding carboxylic acids is 1. The molecule has 0 saturated heterocycles. The number of anilines is 2. The SMILES string of the molecule is O=C(Nc1c(F)ccc(NS(=O)(=O)c2ccccn2)c1F)c1cnc2[nH]ccc2c1. The second-order valence-corrected chi connectivity index (χ2v) is 7.78. The summed E-state index contributed by atoms with van der Waals surface area (Å²) in [5.41, 5.74) is -0.720. The molecular formula is C19H13F2N5O3S. The maximum atomic E-state index is 14.8. The highest BCUT2D eigenvalue weighted by atomic mass is 32.2. The van der Waals surface area contributed by atoms with Crippen molar-refractivity contribution >= 4 is 38.3 Å². The van der Waals surface area contributed by atoms with Crippen LogP contribution in [0.25, 0.3) is 11.0 Å². The van der Waals surface area contributed by atoms with Crippen LogP contribution >= 0.6 is 0 Å². The second-order valence-electron chi connectivity index (χ2n) is 6.15. The van der Waals surface area contributed by atoms with Gasteiger partial charge in [-0.2, -0.15) is 8.42 Å². The Kier molecular flexibility index (Phi) is 4.88. The van der Waals surface area contributed by atoms with E-state index in [0.29, 0.717) is 11.0 Å². The van der Waals surface area contributed by atoms with Crippen molar-refractivity contribution in [3.8, 4) is 0 Å². The molecule has 30 heavy (non-hydrogen) atoms. The minimum Gasteiger partial charge on any atom is -0.346 e. The van der Waals surface area contributed by atoms with Crippen molar-refractivity contribution in [2.45, 2.75) is 5.03 Å². The number of hydrogen-bond acceptors (Lipinski definition) is 5. The molecule has 0 aliphatic rings. The van der Waals surface area contributed by atoms with Gasteiger partial charge in [-0.3, -0.25) is 9.52 Å². The van der Waals surface area contributed by atoms with Crippen molar-refractivity contribution in [2.24, 2.45) is 0 Å². The minimum absolute atomic E-state index is 0.0698. The van der Waals surface area contributed by atoms with E-state index in [9.17, 15) is 22.0 Å². The Morgan fingerprint density at radius 1 is 1.07 bits per heavy atom. The monoisotopic (exact) mass is 429 g/mol. The molecule has 8 nitrogen and oxygen atoms in total. The predicted molar refractivity (Wildman–Crippen MR) is 105 cm³/mol. The first-order valence-electron chi connectivity index (χ1n) is 8.51. The summed E-state index contributed by atoms with van der Waals surface area (Å²) >= 11 is 0. The number of aromatic nitrogens is 3. The zero-order chi connectivity index (χ0) is 21.3. The van der Waals surface area contributed by atoms with Crippen LogP contribution in [-0.4, -0.2) is 29.3 Å². The number of nitrogens with one attached hydrogen (secondary N) is 3. The van der Waals surface area contributed by atoms with Crippen LogP contribution in [0.1, 0.15) is 10.4 Å². The normalized spacial score (nSPS) is 11.4. The quantitative estimate of drug-likeness (QED) is 0.450. The Hall–Kier alpha value is -3.86. The lowest BCUT2D eigenvalue weighted by molar-refractivity contribution is 0.102. The molecule has 3 N–H and O–H groups in total. The molecule has 0 radical (unpaired) electrons. The van der Waals surface area contributed by atoms with Crippen LogP contribution in [0.3, 0.4) is 0 Å². The predicted octanol–water partition coefficient (Wildman–Crippen LogP) is 3.29. The number of carbonyl (C=O) groups is 1. The fraction of sp³-hybridized carbons (Fsp3) is 0. The Morgan fingerprint density at radius 2 is 1.90 bits per heavy atom. The summed E-state index contributed by atoms with van der Waals surface area (Å²) in [4.78, 5) is 23.1. The Morgan fingerprint density at radius 3 is 2.67 bits per heavy atom. The highest BCUT2D eigenvalue weighted by Crippen LogP contribution is 2.28. The molecule has 0 aliphatic carbocycles. The number of hydrogen-bond donors (Lipinski definition) is 3. The van der Waals surface area contributed by atoms with Gasteiger partial charge in [-0.1, -0.05) is 6.07 Å². The first kappa shape index (κ1) is 19.5. The molecule has 0 atom stereocenters. The van der Waals surface area contributed by atoms with Crippen LogP contribution in [0, 0.1) is 11.6 Å². The molecule has 0 fully saturated rings. The molecule has 4 rings (SSSR count). The first-order valence-corrected chi connectivity index (χ1v) is 10.00. The topological polar surface area (TPSA) is 117 Å². The van der Waals surface area contributed by atoms with Crippen molar-refractivity contribution in [1.82, 2.24) is 15.0 Å². The summed E-state index contributed by atoms with van der Waals surface area (Å²) < 4.78 is 55.8. The van der Waals surface area contributed by atoms with Crippen LogP contribution in [0.15, 0.2) is 66.1 Å². The lowest BCUT2D eigenvalue weighted by Gasteiger charge is -2.13. The van der Waals surface area contributed by atoms with Gasteiger partial charge >= 0.3 is 0 Å². The third-order valence-electron chi connectivity index (χ3n) is 4.15. The Labute approximate surface area is 169 Å². The third kappa shape index (κ3) is 3.70. The molecule has 0 bridgehead atoms. The minimum atomic E-state index is -4.21. The zero-order valence-electron chi connectivity index (χ0n) is 15.1. The fourth-order valence-electron chi connectivity index (χ4n) is 2.70. The van der Waals surface area contributed by atoms with E-state index in [-0.39, 0.29) is 10.6 Å². The van der Waals surface area contributed by atoms with E-state index in [1.165, 1.54) is 36.7 Å². The van der Waals surface area contributed by atoms with Gasteiger partial charge in [-0.25, -0.2) is 18.7 Å². The number of H-pyrrole nitrogens is 1. The Bertz CT molecular complexity index is 1360. The van der Waals surface area contributed by atoms with Gasteiger partial charge in [-0.05, 0) is 36.4 Å². The molecule has 3 aromatic heterocycles. The molecule has 4 aromatic rings. The van der Waals surface area contributed by atoms with Gasteiger partial charge in [0.25, 0.3) is 15.9 Å². The number of rotatable bonds is 5. The third-order valence-corrected chi connectivity index (χ3v) is 5.43. The average Bonchev–Trinajstić information content (AvgIpc) is 3.21. The van der Waals surface area contributed by atoms with E-state index in [2.05, 4.69) is 20.3 Å². The highest BCUT2D eigenvalue weighted by Gasteiger charge is 2.22. The van der Waals surface area contributed by atoms with Gasteiger partial charge in [0.15, 0.2) is 10.8 Å². The molecule has 0 aliphatic heterocycles. The van der Waals surface area contributed by atoms with Gasteiger partial charge in [0.2, 0.25) is 0 Å². The summed E-state index contributed by atoms with van der Waals surface area (Å²) in [5, 5.41) is 2.42. The standard InChI is InChI=1S/C19H13F2N5O3S/c20-13-4-5-14(26-30(28,29)15-3-1-2-7-22-15)16(21)17(13)25-19(27)12-9-11-6-8-23-18(11)24-10-12/h1-10,26H,(H,23,24)(H,25,27). The molecule has 0 saturated carbocycles. The number of benzene rings is 1. The molecule has 0 spiro atoms. The van der Waals surface area contributed by atoms with Crippen LogP contribution in [0.4, 0.5) is 20.2 Å². The van der Waals surface area contributed by atoms with Gasteiger partial charge in [0.05, 0.1) is 11.3 Å². The number of aromatic amines is 1. The second kappa shape index (κ2) is 7.52. The van der Waals surface area contributed by atoms with E-state index in [0.717, 1.165) is 12.1 Å². The number of fused-ring (bicyclic) bond motifs is 1. The number of halogens is 2. The first-order chi connectivity index (χ1) is 14.3. The van der Waals surface area contributed by atoms with Crippen LogP contribution in [-0.2, 0) is 10.0 Å². The smallest absolute Gasteiger partial charge is 0.279 e. The molecule has 3 heterocycles. The number of sulfonamides is 1. The number of pyridine rings is 2. The van der Waals surface area contributed by atoms with E-state index in [4.69, 9.17) is 0 Å². The van der Waals surface area contributed by atoms with Crippen molar-refractivity contribution < 1.29 is 22.0 Å². The number of nitrogens with zero attached hydrogens (tertiary/aromatic N) is 2. The molecule has 1 aromatic carbocycles. The van der Waals surface area contributed by atoms with Gasteiger partial charge in [-0.15, -0.1) is 0 Å². The lowest BCUT2D eigenvalue weighted by atomic mass is 10.2. The average molecular weight is 429 g/mol. The maximum Gasteiger partial charge on any atom is 0.279 e. The highest BCUT2D eigenvalue weighted by molar-refractivity contribution is 7.92. The van der Waals surface area contributed by atoms with E-state index in [1.54, 1.807) is 12.3 Å². The van der Waals surface area contributed by atoms with Crippen molar-refractivity contribution in [1.29, 1.82) is 0 Å². The fourth-order valence-corrected chi connectivity index (χ4v) is 3.71. The van der Waals surface area contributed by atoms with Crippen molar-refractivity contribution in [3.05, 3.63) is 78.3 Å². The van der Waals surface area contributed by atoms with Crippen LogP contribution in [0.2, 0.25) is 0 Å². The summed E-state index contributed by atoms with van der Waals surface area (Å²) in [6.07, 6.45) is 4.14. The Balaban J connectivity index is 1.63. The maximum absolute atomic E-state index is 14.8. The lowest BCUT2D eigenvalue weighted by Crippen LogP contribution is -2.18. The number of amides is 1. The summed E-state index contributed by atoms with van der Waals surface area (Å²) in [5.74, 6) is -3.16. The summed E-state index contributed by atoms with van der Waals surface area (Å²) in [7, 11) is -4.21. The largest absolute Gasteiger partial charge is 0.346 e. The molecule has 152 valence electrons. The van der Waals surface area contributed by atoms with E-state index < -0.39 is 38.9 Å². The van der Waals surface area contributed by atoms with Gasteiger partial charge in [0.1, 0.15) is 17.2 Å². The van der Waals surface area contributed by atoms with Crippen LogP contribution in [0.5, 0.6) is 0 Å². The van der Waals surface area contributed by atoms with E-state index in [1.807, 2.05) is 4.72 Å². The van der Waals surface area contributed by atoms with Crippen molar-refractivity contribution in [3.63, 3.8) is 0 Å². The zero-order valence-corrected chi connectivity index (χ0v) is 15.9. The van der Waals surface area contributed by atoms with Gasteiger partial charge < -0.3 is 10.3 Å². The van der Waals surface area contributed by atoms with Crippen LogP contribution < -0.4 is 10.0 Å². The molecule has 11 heteroatoms.